The lowest BCUT2D eigenvalue weighted by Crippen LogP contribution is -2.34. The number of benzene rings is 4. The van der Waals surface area contributed by atoms with E-state index in [0.717, 1.165) is 16.8 Å². The lowest BCUT2D eigenvalue weighted by atomic mass is 10.00. The van der Waals surface area contributed by atoms with Crippen molar-refractivity contribution in [3.8, 4) is 5.75 Å². The first kappa shape index (κ1) is 31.7. The summed E-state index contributed by atoms with van der Waals surface area (Å²) in [6.45, 7) is 0.641. The number of hydrogen-bond acceptors (Lipinski definition) is 6. The van der Waals surface area contributed by atoms with Gasteiger partial charge in [-0.15, -0.1) is 0 Å². The van der Waals surface area contributed by atoms with Crippen LogP contribution in [0.1, 0.15) is 33.5 Å². The average Bonchev–Trinajstić information content (AvgIpc) is 3.10. The second-order valence-electron chi connectivity index (χ2n) is 10.7. The highest BCUT2D eigenvalue weighted by Gasteiger charge is 2.22. The number of anilines is 2. The van der Waals surface area contributed by atoms with Gasteiger partial charge in [-0.3, -0.25) is 14.6 Å². The molecule has 8 heteroatoms. The van der Waals surface area contributed by atoms with Crippen molar-refractivity contribution in [2.45, 2.75) is 25.3 Å². The van der Waals surface area contributed by atoms with Crippen molar-refractivity contribution in [1.82, 2.24) is 4.98 Å². The van der Waals surface area contributed by atoms with Gasteiger partial charge in [0.1, 0.15) is 18.4 Å². The van der Waals surface area contributed by atoms with Crippen molar-refractivity contribution in [2.75, 3.05) is 23.4 Å². The van der Waals surface area contributed by atoms with Crippen LogP contribution in [0.5, 0.6) is 5.75 Å². The molecule has 1 atom stereocenters. The molecule has 5 rings (SSSR count). The molecule has 232 valence electrons. The number of aliphatic carboxylic acids is 1. The molecule has 0 aliphatic heterocycles. The molecule has 4 aromatic carbocycles. The second-order valence-corrected chi connectivity index (χ2v) is 10.7. The van der Waals surface area contributed by atoms with E-state index in [1.54, 1.807) is 78.0 Å². The summed E-state index contributed by atoms with van der Waals surface area (Å²) in [5.74, 6) is -0.613. The molecular weight excluding hydrogens is 578 g/mol. The van der Waals surface area contributed by atoms with Crippen LogP contribution in [-0.2, 0) is 22.4 Å². The highest BCUT2D eigenvalue weighted by Crippen LogP contribution is 2.22. The lowest BCUT2D eigenvalue weighted by molar-refractivity contribution is -0.137. The Labute approximate surface area is 268 Å². The number of ketones is 1. The Morgan fingerprint density at radius 2 is 1.48 bits per heavy atom. The van der Waals surface area contributed by atoms with Crippen molar-refractivity contribution in [1.29, 1.82) is 0 Å². The third-order valence-electron chi connectivity index (χ3n) is 7.50. The fourth-order valence-corrected chi connectivity index (χ4v) is 5.09. The molecule has 1 amide bonds. The number of nitrogens with one attached hydrogen (secondary N) is 1. The second kappa shape index (κ2) is 15.8. The summed E-state index contributed by atoms with van der Waals surface area (Å²) in [6.07, 6.45) is 4.62. The molecule has 1 unspecified atom stereocenters. The number of carboxylic acid groups (broad SMARTS) is 1. The lowest BCUT2D eigenvalue weighted by Gasteiger charge is -2.23. The van der Waals surface area contributed by atoms with Crippen molar-refractivity contribution < 1.29 is 24.2 Å². The predicted octanol–water partition coefficient (Wildman–Crippen LogP) is 6.47. The van der Waals surface area contributed by atoms with Gasteiger partial charge in [0.15, 0.2) is 5.78 Å². The van der Waals surface area contributed by atoms with Crippen LogP contribution in [-0.4, -0.2) is 46.9 Å². The molecule has 0 saturated carbocycles. The summed E-state index contributed by atoms with van der Waals surface area (Å²) in [5.41, 5.74) is 3.99. The molecule has 0 spiro atoms. The molecule has 8 nitrogen and oxygen atoms in total. The number of ether oxygens (including phenoxy) is 1. The van der Waals surface area contributed by atoms with E-state index in [-0.39, 0.29) is 24.7 Å². The third-order valence-corrected chi connectivity index (χ3v) is 7.50. The number of carboxylic acids is 1. The number of hydrogen-bond donors (Lipinski definition) is 2. The number of nitrogens with zero attached hydrogens (tertiary/aromatic N) is 2. The van der Waals surface area contributed by atoms with Crippen LogP contribution in [0, 0.1) is 0 Å². The van der Waals surface area contributed by atoms with Gasteiger partial charge < -0.3 is 20.1 Å². The molecular formula is C38H35N3O5. The molecule has 0 radical (unpaired) electrons. The van der Waals surface area contributed by atoms with Gasteiger partial charge in [-0.05, 0) is 60.0 Å². The van der Waals surface area contributed by atoms with Crippen molar-refractivity contribution in [2.24, 2.45) is 0 Å². The molecule has 1 heterocycles. The zero-order chi connectivity index (χ0) is 32.1. The van der Waals surface area contributed by atoms with E-state index in [4.69, 9.17) is 4.74 Å². The van der Waals surface area contributed by atoms with Gasteiger partial charge in [0.2, 0.25) is 5.91 Å². The van der Waals surface area contributed by atoms with Crippen molar-refractivity contribution >= 4 is 29.0 Å². The zero-order valence-corrected chi connectivity index (χ0v) is 25.3. The largest absolute Gasteiger partial charge is 0.492 e. The Kier molecular flexibility index (Phi) is 10.9. The summed E-state index contributed by atoms with van der Waals surface area (Å²) in [4.78, 5) is 44.4. The fourth-order valence-electron chi connectivity index (χ4n) is 5.09. The summed E-state index contributed by atoms with van der Waals surface area (Å²) in [6, 6.07) is 35.4. The Morgan fingerprint density at radius 1 is 0.783 bits per heavy atom. The quantitative estimate of drug-likeness (QED) is 0.130. The number of aryl methyl sites for hydroxylation is 1. The van der Waals surface area contributed by atoms with Gasteiger partial charge in [0.25, 0.3) is 0 Å². The molecule has 1 aromatic heterocycles. The van der Waals surface area contributed by atoms with E-state index in [0.29, 0.717) is 42.0 Å². The van der Waals surface area contributed by atoms with Crippen LogP contribution in [0.4, 0.5) is 11.4 Å². The number of carbonyl (C=O) groups excluding carboxylic acids is 2. The summed E-state index contributed by atoms with van der Waals surface area (Å²) >= 11 is 0. The Morgan fingerprint density at radius 3 is 2.17 bits per heavy atom. The first-order chi connectivity index (χ1) is 22.5. The maximum atomic E-state index is 13.2. The van der Waals surface area contributed by atoms with Gasteiger partial charge >= 0.3 is 5.97 Å². The number of para-hydroxylation sites is 2. The minimum Gasteiger partial charge on any atom is -0.492 e. The molecule has 0 bridgehead atoms. The first-order valence-electron chi connectivity index (χ1n) is 15.1. The number of aromatic nitrogens is 1. The van der Waals surface area contributed by atoms with Gasteiger partial charge in [-0.1, -0.05) is 78.9 Å². The van der Waals surface area contributed by atoms with Crippen LogP contribution in [0.15, 0.2) is 134 Å². The molecule has 46 heavy (non-hydrogen) atoms. The van der Waals surface area contributed by atoms with E-state index in [9.17, 15) is 19.5 Å². The molecule has 0 aliphatic rings. The minimum absolute atomic E-state index is 0.00624. The number of amides is 1. The maximum Gasteiger partial charge on any atom is 0.326 e. The predicted molar refractivity (Wildman–Crippen MR) is 178 cm³/mol. The molecule has 0 fully saturated rings. The average molecular weight is 614 g/mol. The topological polar surface area (TPSA) is 109 Å². The van der Waals surface area contributed by atoms with Crippen molar-refractivity contribution in [3.63, 3.8) is 0 Å². The highest BCUT2D eigenvalue weighted by molar-refractivity contribution is 6.12. The fraction of sp³-hybridized carbons (Fsp3) is 0.158. The van der Waals surface area contributed by atoms with Gasteiger partial charge in [-0.2, -0.15) is 0 Å². The Hall–Kier alpha value is -5.76. The normalized spacial score (nSPS) is 11.3. The summed E-state index contributed by atoms with van der Waals surface area (Å²) < 4.78 is 5.98. The number of carbonyl (C=O) groups is 3. The molecule has 0 aliphatic carbocycles. The smallest absolute Gasteiger partial charge is 0.326 e. The number of pyridine rings is 1. The molecule has 2 N–H and O–H groups in total. The van der Waals surface area contributed by atoms with E-state index >= 15 is 0 Å². The highest BCUT2D eigenvalue weighted by atomic mass is 16.5. The van der Waals surface area contributed by atoms with E-state index in [1.165, 1.54) is 0 Å². The van der Waals surface area contributed by atoms with E-state index in [1.807, 2.05) is 60.7 Å². The first-order valence-corrected chi connectivity index (χ1v) is 15.1. The van der Waals surface area contributed by atoms with Crippen LogP contribution in [0.3, 0.4) is 0 Å². The minimum atomic E-state index is -1.03. The van der Waals surface area contributed by atoms with Gasteiger partial charge in [0.05, 0.1) is 6.54 Å². The van der Waals surface area contributed by atoms with Crippen molar-refractivity contribution in [3.05, 3.63) is 156 Å². The van der Waals surface area contributed by atoms with Crippen LogP contribution >= 0.6 is 0 Å². The standard InChI is InChI=1S/C38H35N3O5/c42-36(22-19-29-10-9-23-39-27-29)41(31-13-5-2-6-14-31)24-25-46-32-20-17-28(18-21-32)26-35(38(44)45)40-34-16-8-7-15-33(34)37(43)30-11-3-1-4-12-30/h1-18,20-21,23,27,35,40H,19,22,24-26H2,(H,44,45). The van der Waals surface area contributed by atoms with Crippen LogP contribution in [0.2, 0.25) is 0 Å². The SMILES string of the molecule is O=C(c1ccccc1)c1ccccc1NC(Cc1ccc(OCCN(C(=O)CCc2cccnc2)c2ccccc2)cc1)C(=O)O. The maximum absolute atomic E-state index is 13.2. The van der Waals surface area contributed by atoms with E-state index < -0.39 is 12.0 Å². The van der Waals surface area contributed by atoms with Gasteiger partial charge in [-0.25, -0.2) is 4.79 Å². The van der Waals surface area contributed by atoms with Crippen LogP contribution in [0.25, 0.3) is 0 Å². The third kappa shape index (κ3) is 8.66. The molecule has 5 aromatic rings. The van der Waals surface area contributed by atoms with E-state index in [2.05, 4.69) is 10.3 Å². The monoisotopic (exact) mass is 613 g/mol. The molecule has 0 saturated heterocycles. The summed E-state index contributed by atoms with van der Waals surface area (Å²) in [7, 11) is 0. The zero-order valence-electron chi connectivity index (χ0n) is 25.3. The van der Waals surface area contributed by atoms with Crippen LogP contribution < -0.4 is 15.0 Å². The Balaban J connectivity index is 1.19. The Bertz CT molecular complexity index is 1730. The summed E-state index contributed by atoms with van der Waals surface area (Å²) in [5, 5.41) is 13.1. The van der Waals surface area contributed by atoms with Gasteiger partial charge in [0, 0.05) is 47.7 Å². The number of rotatable bonds is 15.